The van der Waals surface area contributed by atoms with E-state index in [9.17, 15) is 19.5 Å². The summed E-state index contributed by atoms with van der Waals surface area (Å²) in [4.78, 5) is 49.4. The smallest absolute Gasteiger partial charge is 0.425 e. The number of benzene rings is 1. The number of ether oxygens (including phenoxy) is 5. The van der Waals surface area contributed by atoms with Crippen LogP contribution in [0, 0.1) is 23.7 Å². The van der Waals surface area contributed by atoms with E-state index in [1.807, 2.05) is 77.3 Å². The van der Waals surface area contributed by atoms with Gasteiger partial charge in [0.05, 0.1) is 29.4 Å². The molecule has 3 unspecified atom stereocenters. The van der Waals surface area contributed by atoms with E-state index >= 15 is 0 Å². The number of cyclic esters (lactones) is 1. The van der Waals surface area contributed by atoms with Gasteiger partial charge in [0.25, 0.3) is 0 Å². The number of ketones is 1. The quantitative estimate of drug-likeness (QED) is 0.129. The van der Waals surface area contributed by atoms with Crippen molar-refractivity contribution >= 4 is 28.7 Å². The number of Topliss-reactive ketones (excluding diaryl/α,β-unsaturated/α-hetero) is 1. The Morgan fingerprint density at radius 1 is 1.05 bits per heavy atom. The Balaban J connectivity index is 1.52. The molecule has 1 amide bonds. The number of likely N-dealkylation sites (N-methyl/N-ethyl adjacent to an activating group) is 1. The first-order valence-electron chi connectivity index (χ1n) is 22.1. The second-order valence-corrected chi connectivity index (χ2v) is 18.3. The van der Waals surface area contributed by atoms with Gasteiger partial charge in [-0.2, -0.15) is 0 Å². The van der Waals surface area contributed by atoms with Crippen LogP contribution in [0.5, 0.6) is 0 Å². The van der Waals surface area contributed by atoms with Crippen LogP contribution in [0.4, 0.5) is 4.79 Å². The minimum Gasteiger partial charge on any atom is -0.457 e. The van der Waals surface area contributed by atoms with Gasteiger partial charge >= 0.3 is 12.1 Å². The molecule has 14 atom stereocenters. The zero-order valence-electron chi connectivity index (χ0n) is 38.1. The number of amides is 1. The maximum absolute atomic E-state index is 14.5. The number of hydrogen-bond acceptors (Lipinski definition) is 13. The highest BCUT2D eigenvalue weighted by molar-refractivity contribution is 6.00. The summed E-state index contributed by atoms with van der Waals surface area (Å²) < 4.78 is 32.1. The van der Waals surface area contributed by atoms with E-state index in [2.05, 4.69) is 42.6 Å². The number of aliphatic hydroxyl groups is 1. The molecule has 4 heterocycles. The minimum absolute atomic E-state index is 0.118. The topological polar surface area (TPSA) is 161 Å². The van der Waals surface area contributed by atoms with E-state index in [-0.39, 0.29) is 35.8 Å². The number of aromatic nitrogens is 1. The molecular weight excluding hydrogens is 767 g/mol. The van der Waals surface area contributed by atoms with Crippen molar-refractivity contribution < 1.29 is 43.2 Å². The number of esters is 1. The zero-order chi connectivity index (χ0) is 44.1. The molecule has 3 N–H and O–H groups in total. The van der Waals surface area contributed by atoms with Crippen molar-refractivity contribution in [3.63, 3.8) is 0 Å². The number of hydrogen-bond donors (Lipinski definition) is 3. The molecule has 336 valence electrons. The number of aryl methyl sites for hydroxylation is 1. The van der Waals surface area contributed by atoms with Crippen molar-refractivity contribution in [1.82, 2.24) is 25.6 Å². The lowest BCUT2D eigenvalue weighted by atomic mass is 9.71. The normalized spacial score (nSPS) is 37.2. The second kappa shape index (κ2) is 20.3. The number of pyridine rings is 1. The van der Waals surface area contributed by atoms with Gasteiger partial charge in [0.15, 0.2) is 17.7 Å². The lowest BCUT2D eigenvalue weighted by molar-refractivity contribution is -0.295. The molecule has 0 radical (unpaired) electrons. The largest absolute Gasteiger partial charge is 0.457 e. The highest BCUT2D eigenvalue weighted by Crippen LogP contribution is 2.44. The van der Waals surface area contributed by atoms with Gasteiger partial charge in [-0.3, -0.25) is 14.6 Å². The molecule has 14 nitrogen and oxygen atoms in total. The Morgan fingerprint density at radius 2 is 1.77 bits per heavy atom. The Bertz CT molecular complexity index is 1760. The average Bonchev–Trinajstić information content (AvgIpc) is 3.48. The summed E-state index contributed by atoms with van der Waals surface area (Å²) >= 11 is 0. The molecule has 0 aliphatic carbocycles. The second-order valence-electron chi connectivity index (χ2n) is 18.3. The number of para-hydroxylation sites is 1. The van der Waals surface area contributed by atoms with E-state index in [0.29, 0.717) is 32.2 Å². The van der Waals surface area contributed by atoms with Crippen LogP contribution in [0.3, 0.4) is 0 Å². The Morgan fingerprint density at radius 3 is 2.43 bits per heavy atom. The van der Waals surface area contributed by atoms with Crippen LogP contribution in [0.25, 0.3) is 10.9 Å². The van der Waals surface area contributed by atoms with Crippen molar-refractivity contribution in [3.8, 4) is 0 Å². The van der Waals surface area contributed by atoms with Crippen LogP contribution in [0.1, 0.15) is 99.5 Å². The van der Waals surface area contributed by atoms with Crippen molar-refractivity contribution in [2.75, 3.05) is 34.8 Å². The monoisotopic (exact) mass is 840 g/mol. The van der Waals surface area contributed by atoms with Gasteiger partial charge in [-0.25, -0.2) is 15.2 Å². The van der Waals surface area contributed by atoms with E-state index < -0.39 is 65.7 Å². The zero-order valence-corrected chi connectivity index (χ0v) is 38.1. The summed E-state index contributed by atoms with van der Waals surface area (Å²) in [6.07, 6.45) is 1.73. The summed E-state index contributed by atoms with van der Waals surface area (Å²) in [5, 5.41) is 17.8. The SMILES string of the molecule is CCCC[C@@H]1OC(=O)[C@H](C)C(=O)[C@H](C)[C@@H](OC2O[C@H](C)C[C@H](N(C)C)[C@H]2O)[C@@](C)(OC)C[C@@H](C)C(NC)[C@@H](C)C2N(NCCCc3ccnc4ccccc34)C(=O)O[C@@]21C. The maximum Gasteiger partial charge on any atom is 0.425 e. The Hall–Kier alpha value is -3.24. The number of rotatable bonds is 13. The van der Waals surface area contributed by atoms with Gasteiger partial charge in [0.2, 0.25) is 0 Å². The molecule has 1 aromatic heterocycles. The summed E-state index contributed by atoms with van der Waals surface area (Å²) in [7, 11) is 7.32. The van der Waals surface area contributed by atoms with E-state index in [1.54, 1.807) is 26.0 Å². The molecule has 14 heteroatoms. The molecule has 2 aromatic rings. The third-order valence-corrected chi connectivity index (χ3v) is 13.8. The van der Waals surface area contributed by atoms with Crippen molar-refractivity contribution in [1.29, 1.82) is 0 Å². The fourth-order valence-corrected chi connectivity index (χ4v) is 10.4. The van der Waals surface area contributed by atoms with Crippen molar-refractivity contribution in [2.24, 2.45) is 23.7 Å². The first-order valence-corrected chi connectivity index (χ1v) is 22.1. The number of carbonyl (C=O) groups is 3. The van der Waals surface area contributed by atoms with E-state index in [4.69, 9.17) is 23.7 Å². The third-order valence-electron chi connectivity index (χ3n) is 13.8. The summed E-state index contributed by atoms with van der Waals surface area (Å²) in [6, 6.07) is 9.05. The summed E-state index contributed by atoms with van der Waals surface area (Å²) in [5.74, 6) is -3.50. The van der Waals surface area contributed by atoms with Crippen molar-refractivity contribution in [3.05, 3.63) is 42.1 Å². The number of unbranched alkanes of at least 4 members (excludes halogenated alkanes) is 1. The van der Waals surface area contributed by atoms with Crippen LogP contribution in [0.15, 0.2) is 36.5 Å². The van der Waals surface area contributed by atoms with Gasteiger partial charge in [-0.15, -0.1) is 0 Å². The maximum atomic E-state index is 14.5. The van der Waals surface area contributed by atoms with Crippen LogP contribution >= 0.6 is 0 Å². The first-order chi connectivity index (χ1) is 28.4. The molecule has 0 bridgehead atoms. The molecule has 3 saturated heterocycles. The molecule has 0 spiro atoms. The average molecular weight is 840 g/mol. The number of nitrogens with zero attached hydrogens (tertiary/aromatic N) is 3. The van der Waals surface area contributed by atoms with Crippen LogP contribution < -0.4 is 10.7 Å². The van der Waals surface area contributed by atoms with Gasteiger partial charge in [0.1, 0.15) is 18.1 Å². The van der Waals surface area contributed by atoms with Crippen LogP contribution in [-0.2, 0) is 39.7 Å². The molecule has 5 rings (SSSR count). The van der Waals surface area contributed by atoms with Crippen molar-refractivity contribution in [2.45, 2.75) is 160 Å². The minimum atomic E-state index is -1.27. The molecule has 3 aliphatic heterocycles. The van der Waals surface area contributed by atoms with Gasteiger partial charge in [-0.1, -0.05) is 52.3 Å². The number of hydrazine groups is 1. The van der Waals surface area contributed by atoms with Crippen LogP contribution in [0.2, 0.25) is 0 Å². The number of fused-ring (bicyclic) bond motifs is 2. The highest BCUT2D eigenvalue weighted by atomic mass is 16.7. The lowest BCUT2D eigenvalue weighted by Crippen LogP contribution is -2.63. The fourth-order valence-electron chi connectivity index (χ4n) is 10.4. The van der Waals surface area contributed by atoms with E-state index in [1.165, 1.54) is 5.56 Å². The predicted molar refractivity (Wildman–Crippen MR) is 230 cm³/mol. The standard InChI is InChI=1S/C46H73N5O9/c1-13-14-21-36-46(8)40(51(44(55)60-46)49-23-17-18-32-22-24-48-34-20-16-15-19-33(32)34)29(4)37(47-9)27(2)26-45(7,56-12)41(30(5)38(52)31(6)42(54)58-36)59-43-39(53)35(50(10)11)25-28(3)57-43/h15-16,19-20,22,24,27-31,35-37,39-41,43,47,49,53H,13-14,17-18,21,23,25-26H2,1-12H3/t27-,28-,29-,30+,31-,35+,36+,37?,39-,40?,41-,43?,45+,46-/m1/s1. The number of methoxy groups -OCH3 is 1. The first kappa shape index (κ1) is 47.8. The Labute approximate surface area is 357 Å². The summed E-state index contributed by atoms with van der Waals surface area (Å²) in [6.45, 7) is 15.8. The van der Waals surface area contributed by atoms with Gasteiger partial charge in [0, 0.05) is 43.2 Å². The Kier molecular flexibility index (Phi) is 16.2. The number of carbonyl (C=O) groups excluding carboxylic acids is 3. The third kappa shape index (κ3) is 10.0. The lowest BCUT2D eigenvalue weighted by Gasteiger charge is -2.48. The summed E-state index contributed by atoms with van der Waals surface area (Å²) in [5.41, 5.74) is 3.19. The highest BCUT2D eigenvalue weighted by Gasteiger charge is 2.61. The molecule has 3 fully saturated rings. The number of nitrogens with one attached hydrogen (secondary N) is 2. The van der Waals surface area contributed by atoms with Gasteiger partial charge in [-0.05, 0) is 117 Å². The molecule has 3 aliphatic rings. The van der Waals surface area contributed by atoms with Crippen LogP contribution in [-0.4, -0.2) is 133 Å². The van der Waals surface area contributed by atoms with Gasteiger partial charge < -0.3 is 39.0 Å². The molecule has 1 aromatic carbocycles. The van der Waals surface area contributed by atoms with E-state index in [0.717, 1.165) is 30.2 Å². The fraction of sp³-hybridized carbons (Fsp3) is 0.739. The molecular formula is C46H73N5O9. The molecule has 60 heavy (non-hydrogen) atoms. The predicted octanol–water partition coefficient (Wildman–Crippen LogP) is 5.68. The molecule has 0 saturated carbocycles. The number of aliphatic hydroxyl groups excluding tert-OH is 1.